The minimum atomic E-state index is -3.44. The Morgan fingerprint density at radius 3 is 2.69 bits per heavy atom. The number of hydrogen-bond acceptors (Lipinski definition) is 3. The topological polar surface area (TPSA) is 58.5 Å². The number of hydrogen-bond donors (Lipinski definition) is 1. The Kier molecular flexibility index (Phi) is 1.63. The van der Waals surface area contributed by atoms with Gasteiger partial charge in [-0.2, -0.15) is 8.42 Å². The summed E-state index contributed by atoms with van der Waals surface area (Å²) in [5, 5.41) is 2.75. The van der Waals surface area contributed by atoms with Crippen LogP contribution in [0.5, 0.6) is 0 Å². The zero-order valence-corrected chi connectivity index (χ0v) is 7.80. The second-order valence-electron chi connectivity index (χ2n) is 2.66. The van der Waals surface area contributed by atoms with E-state index in [2.05, 4.69) is 9.71 Å². The van der Waals surface area contributed by atoms with Crippen molar-refractivity contribution in [2.75, 3.05) is 7.05 Å². The van der Waals surface area contributed by atoms with E-state index in [1.165, 1.54) is 0 Å². The smallest absolute Gasteiger partial charge is 0.285 e. The summed E-state index contributed by atoms with van der Waals surface area (Å²) in [6.07, 6.45) is 0. The second kappa shape index (κ2) is 2.56. The van der Waals surface area contributed by atoms with Gasteiger partial charge in [0, 0.05) is 12.6 Å². The fourth-order valence-electron chi connectivity index (χ4n) is 1.29. The fourth-order valence-corrected chi connectivity index (χ4v) is 2.51. The Morgan fingerprint density at radius 2 is 2.00 bits per heavy atom. The maximum Gasteiger partial charge on any atom is 0.285 e. The lowest BCUT2D eigenvalue weighted by atomic mass is 10.2. The molecule has 0 amide bonds. The lowest BCUT2D eigenvalue weighted by Gasteiger charge is -1.98. The summed E-state index contributed by atoms with van der Waals surface area (Å²) in [6, 6.07) is 6.75. The minimum Gasteiger partial charge on any atom is -0.372 e. The fraction of sp³-hybridized carbons (Fsp3) is 0.125. The molecule has 1 aliphatic rings. The van der Waals surface area contributed by atoms with Crippen molar-refractivity contribution in [3.63, 3.8) is 0 Å². The first-order chi connectivity index (χ1) is 6.15. The molecule has 0 bridgehead atoms. The van der Waals surface area contributed by atoms with Gasteiger partial charge in [-0.25, -0.2) is 0 Å². The zero-order chi connectivity index (χ0) is 9.47. The van der Waals surface area contributed by atoms with E-state index < -0.39 is 10.0 Å². The third kappa shape index (κ3) is 1.12. The van der Waals surface area contributed by atoms with Crippen molar-refractivity contribution in [2.24, 2.45) is 4.40 Å². The van der Waals surface area contributed by atoms with Gasteiger partial charge in [0.25, 0.3) is 10.0 Å². The number of amidine groups is 1. The third-order valence-electron chi connectivity index (χ3n) is 1.87. The van der Waals surface area contributed by atoms with Gasteiger partial charge in [0.2, 0.25) is 0 Å². The van der Waals surface area contributed by atoms with E-state index in [9.17, 15) is 8.42 Å². The van der Waals surface area contributed by atoms with Gasteiger partial charge in [-0.15, -0.1) is 4.40 Å². The molecule has 4 nitrogen and oxygen atoms in total. The number of nitrogens with one attached hydrogen (secondary N) is 1. The van der Waals surface area contributed by atoms with Crippen LogP contribution in [0.4, 0.5) is 0 Å². The average Bonchev–Trinajstić information content (AvgIpc) is 2.39. The van der Waals surface area contributed by atoms with Crippen LogP contribution in [0.1, 0.15) is 5.56 Å². The number of sulfonamides is 1. The summed E-state index contributed by atoms with van der Waals surface area (Å²) in [4.78, 5) is 0.277. The molecule has 1 aromatic rings. The van der Waals surface area contributed by atoms with E-state index in [4.69, 9.17) is 0 Å². The van der Waals surface area contributed by atoms with Crippen LogP contribution in [-0.4, -0.2) is 21.3 Å². The van der Waals surface area contributed by atoms with Crippen LogP contribution >= 0.6 is 0 Å². The predicted molar refractivity (Wildman–Crippen MR) is 49.2 cm³/mol. The van der Waals surface area contributed by atoms with E-state index in [0.29, 0.717) is 11.4 Å². The summed E-state index contributed by atoms with van der Waals surface area (Å²) in [5.74, 6) is 0.413. The van der Waals surface area contributed by atoms with E-state index in [1.54, 1.807) is 31.3 Å². The van der Waals surface area contributed by atoms with Crippen molar-refractivity contribution in [3.8, 4) is 0 Å². The molecule has 0 aromatic heterocycles. The van der Waals surface area contributed by atoms with E-state index >= 15 is 0 Å². The van der Waals surface area contributed by atoms with Gasteiger partial charge in [-0.1, -0.05) is 12.1 Å². The minimum absolute atomic E-state index is 0.277. The summed E-state index contributed by atoms with van der Waals surface area (Å²) in [7, 11) is -1.79. The number of rotatable bonds is 0. The van der Waals surface area contributed by atoms with E-state index in [1.807, 2.05) is 0 Å². The van der Waals surface area contributed by atoms with Gasteiger partial charge in [0.15, 0.2) is 0 Å². The first-order valence-electron chi connectivity index (χ1n) is 3.77. The normalized spacial score (nSPS) is 17.8. The molecule has 1 aromatic carbocycles. The molecule has 13 heavy (non-hydrogen) atoms. The molecule has 0 saturated heterocycles. The highest BCUT2D eigenvalue weighted by molar-refractivity contribution is 7.90. The standard InChI is InChI=1S/C8H8N2O2S/c1-9-8-6-4-2-3-5-7(6)13(11,12)10-8/h2-5H,1H3,(H,9,10). The maximum atomic E-state index is 11.4. The summed E-state index contributed by atoms with van der Waals surface area (Å²) in [5.41, 5.74) is 0.644. The Bertz CT molecular complexity index is 477. The molecule has 0 aliphatic carbocycles. The van der Waals surface area contributed by atoms with Crippen LogP contribution in [0.15, 0.2) is 33.6 Å². The SMILES string of the molecule is CNC1=NS(=O)(=O)c2ccccc21. The Hall–Kier alpha value is -1.36. The predicted octanol–water partition coefficient (Wildman–Crippen LogP) is 0.355. The van der Waals surface area contributed by atoms with Gasteiger partial charge in [0.05, 0.1) is 0 Å². The van der Waals surface area contributed by atoms with Crippen LogP contribution in [0.25, 0.3) is 0 Å². The second-order valence-corrected chi connectivity index (χ2v) is 4.23. The largest absolute Gasteiger partial charge is 0.372 e. The molecule has 0 fully saturated rings. The van der Waals surface area contributed by atoms with Crippen molar-refractivity contribution in [3.05, 3.63) is 29.8 Å². The first-order valence-corrected chi connectivity index (χ1v) is 5.21. The van der Waals surface area contributed by atoms with Gasteiger partial charge < -0.3 is 5.32 Å². The van der Waals surface area contributed by atoms with E-state index in [0.717, 1.165) is 0 Å². The zero-order valence-electron chi connectivity index (χ0n) is 6.98. The quantitative estimate of drug-likeness (QED) is 0.651. The molecule has 0 unspecified atom stereocenters. The molecular formula is C8H8N2O2S. The van der Waals surface area contributed by atoms with Crippen LogP contribution in [-0.2, 0) is 10.0 Å². The van der Waals surface area contributed by atoms with Crippen LogP contribution < -0.4 is 5.32 Å². The highest BCUT2D eigenvalue weighted by Crippen LogP contribution is 2.24. The first kappa shape index (κ1) is 8.25. The molecular weight excluding hydrogens is 188 g/mol. The van der Waals surface area contributed by atoms with Crippen LogP contribution in [0.2, 0.25) is 0 Å². The van der Waals surface area contributed by atoms with Crippen molar-refractivity contribution < 1.29 is 8.42 Å². The molecule has 0 saturated carbocycles. The van der Waals surface area contributed by atoms with Gasteiger partial charge in [-0.3, -0.25) is 0 Å². The van der Waals surface area contributed by atoms with Crippen molar-refractivity contribution in [2.45, 2.75) is 4.90 Å². The van der Waals surface area contributed by atoms with Gasteiger partial charge >= 0.3 is 0 Å². The molecule has 0 radical (unpaired) electrons. The Morgan fingerprint density at radius 1 is 1.31 bits per heavy atom. The molecule has 1 N–H and O–H groups in total. The van der Waals surface area contributed by atoms with Crippen molar-refractivity contribution in [1.82, 2.24) is 5.32 Å². The maximum absolute atomic E-state index is 11.4. The van der Waals surface area contributed by atoms with E-state index in [-0.39, 0.29) is 4.90 Å². The Balaban J connectivity index is 2.76. The highest BCUT2D eigenvalue weighted by atomic mass is 32.2. The molecule has 0 atom stereocenters. The lowest BCUT2D eigenvalue weighted by molar-refractivity contribution is 0.599. The molecule has 68 valence electrons. The number of benzene rings is 1. The lowest BCUT2D eigenvalue weighted by Crippen LogP contribution is -2.17. The summed E-state index contributed by atoms with van der Waals surface area (Å²) >= 11 is 0. The molecule has 1 aliphatic heterocycles. The molecule has 0 spiro atoms. The molecule has 5 heteroatoms. The third-order valence-corrected chi connectivity index (χ3v) is 3.20. The summed E-state index contributed by atoms with van der Waals surface area (Å²) in [6.45, 7) is 0. The van der Waals surface area contributed by atoms with Gasteiger partial charge in [0.1, 0.15) is 10.7 Å². The Labute approximate surface area is 76.4 Å². The van der Waals surface area contributed by atoms with Crippen molar-refractivity contribution >= 4 is 15.9 Å². The van der Waals surface area contributed by atoms with Crippen molar-refractivity contribution in [1.29, 1.82) is 0 Å². The monoisotopic (exact) mass is 196 g/mol. The summed E-state index contributed by atoms with van der Waals surface area (Å²) < 4.78 is 26.4. The molecule has 1 heterocycles. The van der Waals surface area contributed by atoms with Crippen LogP contribution in [0.3, 0.4) is 0 Å². The number of fused-ring (bicyclic) bond motifs is 1. The highest BCUT2D eigenvalue weighted by Gasteiger charge is 2.27. The van der Waals surface area contributed by atoms with Crippen LogP contribution in [0, 0.1) is 0 Å². The number of nitrogens with zero attached hydrogens (tertiary/aromatic N) is 1. The average molecular weight is 196 g/mol. The van der Waals surface area contributed by atoms with Gasteiger partial charge in [-0.05, 0) is 12.1 Å². The molecule has 2 rings (SSSR count).